The van der Waals surface area contributed by atoms with E-state index in [4.69, 9.17) is 0 Å². The van der Waals surface area contributed by atoms with Gasteiger partial charge in [-0.15, -0.1) is 24.8 Å². The van der Waals surface area contributed by atoms with Crippen molar-refractivity contribution in [2.75, 3.05) is 13.6 Å². The van der Waals surface area contributed by atoms with E-state index in [-0.39, 0.29) is 30.6 Å². The molecule has 0 radical (unpaired) electrons. The monoisotopic (exact) mass is 353 g/mol. The molecular weight excluding hydrogens is 336 g/mol. The van der Waals surface area contributed by atoms with Gasteiger partial charge in [-0.2, -0.15) is 0 Å². The third-order valence-electron chi connectivity index (χ3n) is 4.18. The molecule has 0 atom stereocenters. The molecule has 2 aromatic heterocycles. The number of halogens is 3. The summed E-state index contributed by atoms with van der Waals surface area (Å²) in [5.41, 5.74) is 3.52. The van der Waals surface area contributed by atoms with Gasteiger partial charge in [-0.05, 0) is 42.9 Å². The molecule has 0 amide bonds. The number of rotatable bonds is 1. The Hall–Kier alpha value is -1.62. The maximum atomic E-state index is 13.7. The van der Waals surface area contributed by atoms with E-state index in [9.17, 15) is 4.39 Å². The Morgan fingerprint density at radius 3 is 2.70 bits per heavy atom. The molecule has 1 aromatic carbocycles. The minimum absolute atomic E-state index is 0. The third-order valence-corrected chi connectivity index (χ3v) is 4.18. The quantitative estimate of drug-likeness (QED) is 0.659. The fraction of sp³-hybridized carbons (Fsp3) is 0.235. The minimum atomic E-state index is -0.184. The van der Waals surface area contributed by atoms with Crippen LogP contribution >= 0.6 is 24.8 Å². The lowest BCUT2D eigenvalue weighted by molar-refractivity contribution is 0.311. The normalized spacial score (nSPS) is 14.0. The molecule has 0 spiro atoms. The number of nitrogens with zero attached hydrogens (tertiary/aromatic N) is 3. The van der Waals surface area contributed by atoms with E-state index in [1.54, 1.807) is 12.3 Å². The summed E-state index contributed by atoms with van der Waals surface area (Å²) in [6.45, 7) is 1.87. The van der Waals surface area contributed by atoms with Crippen LogP contribution in [0.15, 0.2) is 42.6 Å². The molecule has 1 aliphatic heterocycles. The molecule has 0 saturated heterocycles. The number of benzene rings is 1. The van der Waals surface area contributed by atoms with Gasteiger partial charge < -0.3 is 4.90 Å². The smallest absolute Gasteiger partial charge is 0.137 e. The second-order valence-corrected chi connectivity index (χ2v) is 5.60. The average molecular weight is 354 g/mol. The van der Waals surface area contributed by atoms with Crippen LogP contribution in [0.2, 0.25) is 0 Å². The average Bonchev–Trinajstić information content (AvgIpc) is 2.81. The zero-order valence-electron chi connectivity index (χ0n) is 12.7. The van der Waals surface area contributed by atoms with E-state index in [1.165, 1.54) is 17.3 Å². The summed E-state index contributed by atoms with van der Waals surface area (Å²) < 4.78 is 15.9. The lowest BCUT2D eigenvalue weighted by Crippen LogP contribution is -2.27. The van der Waals surface area contributed by atoms with Gasteiger partial charge in [0.1, 0.15) is 11.6 Å². The Balaban J connectivity index is 0.000000960. The molecule has 23 heavy (non-hydrogen) atoms. The van der Waals surface area contributed by atoms with Crippen LogP contribution < -0.4 is 0 Å². The standard InChI is InChI=1S/C17H16FN3.2ClH/c1-20-9-7-16-14(11-20)13-10-12(18)5-6-15(13)21(16)17-4-2-3-8-19-17;;/h2-6,8,10H,7,9,11H2,1H3;2*1H. The molecule has 4 rings (SSSR count). The highest BCUT2D eigenvalue weighted by Crippen LogP contribution is 2.33. The topological polar surface area (TPSA) is 21.1 Å². The first-order valence-corrected chi connectivity index (χ1v) is 7.16. The fourth-order valence-electron chi connectivity index (χ4n) is 3.21. The number of hydrogen-bond acceptors (Lipinski definition) is 2. The van der Waals surface area contributed by atoms with Crippen molar-refractivity contribution in [3.05, 3.63) is 59.7 Å². The van der Waals surface area contributed by atoms with E-state index in [0.717, 1.165) is 36.2 Å². The Kier molecular flexibility index (Phi) is 5.30. The van der Waals surface area contributed by atoms with Gasteiger partial charge in [0, 0.05) is 36.8 Å². The van der Waals surface area contributed by atoms with E-state index >= 15 is 0 Å². The number of likely N-dealkylation sites (N-methyl/N-ethyl adjacent to an activating group) is 1. The first-order chi connectivity index (χ1) is 10.2. The molecule has 0 fully saturated rings. The maximum Gasteiger partial charge on any atom is 0.137 e. The number of aromatic nitrogens is 2. The Morgan fingerprint density at radius 1 is 1.13 bits per heavy atom. The predicted molar refractivity (Wildman–Crippen MR) is 95.6 cm³/mol. The number of hydrogen-bond donors (Lipinski definition) is 0. The second-order valence-electron chi connectivity index (χ2n) is 5.60. The summed E-state index contributed by atoms with van der Waals surface area (Å²) in [7, 11) is 2.10. The summed E-state index contributed by atoms with van der Waals surface area (Å²) in [4.78, 5) is 6.75. The summed E-state index contributed by atoms with van der Waals surface area (Å²) in [6, 6.07) is 10.9. The summed E-state index contributed by atoms with van der Waals surface area (Å²) >= 11 is 0. The lowest BCUT2D eigenvalue weighted by Gasteiger charge is -2.24. The van der Waals surface area contributed by atoms with E-state index in [2.05, 4.69) is 21.5 Å². The molecule has 1 aliphatic rings. The fourth-order valence-corrected chi connectivity index (χ4v) is 3.21. The van der Waals surface area contributed by atoms with Crippen LogP contribution in [-0.2, 0) is 13.0 Å². The molecule has 0 unspecified atom stereocenters. The van der Waals surface area contributed by atoms with Crippen LogP contribution in [0.1, 0.15) is 11.3 Å². The van der Waals surface area contributed by atoms with Crippen LogP contribution in [0.25, 0.3) is 16.7 Å². The molecule has 3 heterocycles. The van der Waals surface area contributed by atoms with Gasteiger partial charge in [-0.1, -0.05) is 6.07 Å². The van der Waals surface area contributed by atoms with E-state index in [0.29, 0.717) is 0 Å². The predicted octanol–water partition coefficient (Wildman–Crippen LogP) is 4.00. The van der Waals surface area contributed by atoms with Crippen LogP contribution in [0.3, 0.4) is 0 Å². The van der Waals surface area contributed by atoms with Crippen molar-refractivity contribution in [3.8, 4) is 5.82 Å². The zero-order valence-corrected chi connectivity index (χ0v) is 14.3. The molecular formula is C17H18Cl2FN3. The molecule has 0 N–H and O–H groups in total. The van der Waals surface area contributed by atoms with Gasteiger partial charge in [0.25, 0.3) is 0 Å². The van der Waals surface area contributed by atoms with Gasteiger partial charge in [-0.25, -0.2) is 9.37 Å². The maximum absolute atomic E-state index is 13.7. The highest BCUT2D eigenvalue weighted by molar-refractivity contribution is 5.87. The largest absolute Gasteiger partial charge is 0.302 e. The van der Waals surface area contributed by atoms with Crippen molar-refractivity contribution < 1.29 is 4.39 Å². The molecule has 3 aromatic rings. The van der Waals surface area contributed by atoms with Gasteiger partial charge in [0.2, 0.25) is 0 Å². The van der Waals surface area contributed by atoms with Crippen LogP contribution in [-0.4, -0.2) is 28.0 Å². The van der Waals surface area contributed by atoms with Gasteiger partial charge in [0.15, 0.2) is 0 Å². The Morgan fingerprint density at radius 2 is 1.96 bits per heavy atom. The number of pyridine rings is 1. The van der Waals surface area contributed by atoms with E-state index in [1.807, 2.05) is 24.3 Å². The molecule has 0 bridgehead atoms. The van der Waals surface area contributed by atoms with Crippen LogP contribution in [0.4, 0.5) is 4.39 Å². The van der Waals surface area contributed by atoms with Gasteiger partial charge in [-0.3, -0.25) is 4.57 Å². The first kappa shape index (κ1) is 17.7. The molecule has 0 aliphatic carbocycles. The van der Waals surface area contributed by atoms with Crippen molar-refractivity contribution in [3.63, 3.8) is 0 Å². The molecule has 6 heteroatoms. The van der Waals surface area contributed by atoms with Crippen LogP contribution in [0.5, 0.6) is 0 Å². The third kappa shape index (κ3) is 2.94. The second kappa shape index (κ2) is 6.87. The zero-order chi connectivity index (χ0) is 14.4. The van der Waals surface area contributed by atoms with Gasteiger partial charge >= 0.3 is 0 Å². The van der Waals surface area contributed by atoms with E-state index < -0.39 is 0 Å². The summed E-state index contributed by atoms with van der Waals surface area (Å²) in [5, 5.41) is 1.00. The highest BCUT2D eigenvalue weighted by atomic mass is 35.5. The van der Waals surface area contributed by atoms with Crippen molar-refractivity contribution >= 4 is 35.7 Å². The molecule has 3 nitrogen and oxygen atoms in total. The SMILES string of the molecule is CN1CCc2c(c3cc(F)ccc3n2-c2ccccn2)C1.Cl.Cl. The Bertz CT molecular complexity index is 818. The highest BCUT2D eigenvalue weighted by Gasteiger charge is 2.23. The first-order valence-electron chi connectivity index (χ1n) is 7.16. The van der Waals surface area contributed by atoms with Crippen molar-refractivity contribution in [1.29, 1.82) is 0 Å². The van der Waals surface area contributed by atoms with Crippen molar-refractivity contribution in [1.82, 2.24) is 14.5 Å². The summed E-state index contributed by atoms with van der Waals surface area (Å²) in [6.07, 6.45) is 2.75. The van der Waals surface area contributed by atoms with Crippen molar-refractivity contribution in [2.45, 2.75) is 13.0 Å². The van der Waals surface area contributed by atoms with Crippen LogP contribution in [0, 0.1) is 5.82 Å². The van der Waals surface area contributed by atoms with Crippen molar-refractivity contribution in [2.24, 2.45) is 0 Å². The molecule has 0 saturated carbocycles. The lowest BCUT2D eigenvalue weighted by atomic mass is 10.1. The Labute approximate surface area is 146 Å². The minimum Gasteiger partial charge on any atom is -0.302 e. The molecule has 122 valence electrons. The number of fused-ring (bicyclic) bond motifs is 3. The summed E-state index contributed by atoms with van der Waals surface area (Å²) in [5.74, 6) is 0.719. The van der Waals surface area contributed by atoms with Gasteiger partial charge in [0.05, 0.1) is 5.52 Å².